The molecule has 0 bridgehead atoms. The Morgan fingerprint density at radius 2 is 1.67 bits per heavy atom. The number of nitrogens with one attached hydrogen (secondary N) is 3. The van der Waals surface area contributed by atoms with Crippen molar-refractivity contribution in [2.45, 2.75) is 45.2 Å². The van der Waals surface area contributed by atoms with Gasteiger partial charge in [-0.2, -0.15) is 4.98 Å². The van der Waals surface area contributed by atoms with Crippen LogP contribution in [0.5, 0.6) is 0 Å². The Labute approximate surface area is 246 Å². The van der Waals surface area contributed by atoms with Crippen LogP contribution in [0.3, 0.4) is 0 Å². The molecule has 3 amide bonds. The van der Waals surface area contributed by atoms with E-state index in [0.29, 0.717) is 31.5 Å². The fourth-order valence-corrected chi connectivity index (χ4v) is 5.69. The summed E-state index contributed by atoms with van der Waals surface area (Å²) in [5.74, 6) is -1.86. The van der Waals surface area contributed by atoms with E-state index in [0.717, 1.165) is 22.2 Å². The molecule has 1 aliphatic rings. The maximum Gasteiger partial charge on any atom is 0.346 e. The van der Waals surface area contributed by atoms with Crippen LogP contribution in [-0.2, 0) is 18.3 Å². The van der Waals surface area contributed by atoms with Crippen LogP contribution in [0, 0.1) is 13.8 Å². The number of carbonyl (C=O) groups excluding carboxylic acids is 2. The van der Waals surface area contributed by atoms with Crippen LogP contribution in [0.25, 0.3) is 11.0 Å². The van der Waals surface area contributed by atoms with Gasteiger partial charge in [-0.05, 0) is 49.9 Å². The van der Waals surface area contributed by atoms with Crippen molar-refractivity contribution < 1.29 is 19.5 Å². The number of carboxylic acid groups (broad SMARTS) is 1. The first-order valence-electron chi connectivity index (χ1n) is 14.0. The molecule has 1 fully saturated rings. The highest BCUT2D eigenvalue weighted by atomic mass is 16.4. The number of rotatable bonds is 7. The number of aromatic amines is 1. The number of urea groups is 1. The third kappa shape index (κ3) is 5.92. The summed E-state index contributed by atoms with van der Waals surface area (Å²) in [6.07, 6.45) is 2.09. The Morgan fingerprint density at radius 3 is 2.33 bits per heavy atom. The lowest BCUT2D eigenvalue weighted by molar-refractivity contribution is -0.139. The number of amides is 3. The molecule has 4 aromatic rings. The third-order valence-corrected chi connectivity index (χ3v) is 7.96. The number of H-pyrrole nitrogens is 1. The number of nitrogens with zero attached hydrogens (tertiary/aromatic N) is 4. The second kappa shape index (κ2) is 12.0. The van der Waals surface area contributed by atoms with Crippen molar-refractivity contribution in [3.8, 4) is 0 Å². The molecule has 4 N–H and O–H groups in total. The van der Waals surface area contributed by atoms with Gasteiger partial charge in [0, 0.05) is 49.9 Å². The fraction of sp³-hybridized carbons (Fsp3) is 0.333. The molecule has 0 saturated carbocycles. The molecule has 5 rings (SSSR count). The molecule has 224 valence electrons. The largest absolute Gasteiger partial charge is 0.480 e. The number of piperidine rings is 1. The number of para-hydroxylation sites is 2. The molecule has 0 radical (unpaired) electrons. The first-order valence-corrected chi connectivity index (χ1v) is 14.0. The van der Waals surface area contributed by atoms with Crippen LogP contribution >= 0.6 is 0 Å². The Kier molecular flexibility index (Phi) is 8.15. The molecule has 2 aromatic heterocycles. The van der Waals surface area contributed by atoms with Crippen LogP contribution in [0.4, 0.5) is 10.6 Å². The number of hydrogen-bond acceptors (Lipinski definition) is 6. The Balaban J connectivity index is 1.27. The SMILES string of the molecule is Cc1cccc(C)c1C(=O)Nc1nc(=O)[nH]cc1CC(NC(=O)N1CCC(n2c(=O)n(C)c3ccccc32)CC1)C(=O)O. The fourth-order valence-electron chi connectivity index (χ4n) is 5.69. The van der Waals surface area contributed by atoms with E-state index in [4.69, 9.17) is 0 Å². The van der Waals surface area contributed by atoms with E-state index in [1.807, 2.05) is 30.3 Å². The van der Waals surface area contributed by atoms with Crippen LogP contribution in [-0.4, -0.2) is 66.1 Å². The van der Waals surface area contributed by atoms with Gasteiger partial charge in [0.2, 0.25) is 0 Å². The van der Waals surface area contributed by atoms with Crippen molar-refractivity contribution in [2.75, 3.05) is 18.4 Å². The second-order valence-electron chi connectivity index (χ2n) is 10.8. The van der Waals surface area contributed by atoms with E-state index in [-0.39, 0.29) is 29.5 Å². The molecule has 13 heteroatoms. The minimum absolute atomic E-state index is 0.0850. The average Bonchev–Trinajstić information content (AvgIpc) is 3.23. The standard InChI is InChI=1S/C30H33N7O6/c1-17-7-6-8-18(2)24(17)26(38)33-25-19(16-31-28(41)34-25)15-21(27(39)40)32-29(42)36-13-11-20(12-14-36)37-23-10-5-4-9-22(23)35(3)30(37)43/h4-10,16,20-21H,11-15H2,1-3H3,(H,32,42)(H,39,40)(H2,31,33,34,38,41). The predicted octanol–water partition coefficient (Wildman–Crippen LogP) is 2.33. The summed E-state index contributed by atoms with van der Waals surface area (Å²) in [6, 6.07) is 10.9. The van der Waals surface area contributed by atoms with E-state index in [1.165, 1.54) is 11.1 Å². The van der Waals surface area contributed by atoms with Crippen LogP contribution in [0.1, 0.15) is 45.9 Å². The molecular weight excluding hydrogens is 554 g/mol. The summed E-state index contributed by atoms with van der Waals surface area (Å²) >= 11 is 0. The molecule has 43 heavy (non-hydrogen) atoms. The normalized spacial score (nSPS) is 14.4. The summed E-state index contributed by atoms with van der Waals surface area (Å²) in [5, 5.41) is 15.1. The van der Waals surface area contributed by atoms with Crippen LogP contribution < -0.4 is 22.0 Å². The van der Waals surface area contributed by atoms with Crippen molar-refractivity contribution in [2.24, 2.45) is 7.05 Å². The molecule has 2 aromatic carbocycles. The number of carboxylic acids is 1. The average molecular weight is 588 g/mol. The van der Waals surface area contributed by atoms with Gasteiger partial charge >= 0.3 is 23.4 Å². The highest BCUT2D eigenvalue weighted by Gasteiger charge is 2.30. The lowest BCUT2D eigenvalue weighted by atomic mass is 10.0. The van der Waals surface area contributed by atoms with Crippen molar-refractivity contribution in [1.82, 2.24) is 29.3 Å². The third-order valence-electron chi connectivity index (χ3n) is 7.96. The lowest BCUT2D eigenvalue weighted by Gasteiger charge is -2.33. The van der Waals surface area contributed by atoms with E-state index in [1.54, 1.807) is 42.2 Å². The molecule has 13 nitrogen and oxygen atoms in total. The maximum atomic E-state index is 13.1. The molecule has 3 heterocycles. The first kappa shape index (κ1) is 29.3. The zero-order chi connectivity index (χ0) is 30.8. The number of anilines is 1. The van der Waals surface area contributed by atoms with Gasteiger partial charge in [0.1, 0.15) is 11.9 Å². The predicted molar refractivity (Wildman–Crippen MR) is 159 cm³/mol. The smallest absolute Gasteiger partial charge is 0.346 e. The summed E-state index contributed by atoms with van der Waals surface area (Å²) in [7, 11) is 1.73. The second-order valence-corrected chi connectivity index (χ2v) is 10.8. The first-order chi connectivity index (χ1) is 20.5. The minimum Gasteiger partial charge on any atom is -0.480 e. The number of likely N-dealkylation sites (tertiary alicyclic amines) is 1. The number of carbonyl (C=O) groups is 3. The van der Waals surface area contributed by atoms with Crippen molar-refractivity contribution in [1.29, 1.82) is 0 Å². The Morgan fingerprint density at radius 1 is 1.02 bits per heavy atom. The van der Waals surface area contributed by atoms with Gasteiger partial charge in [0.05, 0.1) is 11.0 Å². The van der Waals surface area contributed by atoms with Gasteiger partial charge < -0.3 is 25.6 Å². The number of imidazole rings is 1. The van der Waals surface area contributed by atoms with Gasteiger partial charge in [-0.1, -0.05) is 30.3 Å². The van der Waals surface area contributed by atoms with E-state index < -0.39 is 29.6 Å². The lowest BCUT2D eigenvalue weighted by Crippen LogP contribution is -2.51. The number of aryl methyl sites for hydroxylation is 3. The zero-order valence-electron chi connectivity index (χ0n) is 24.1. The van der Waals surface area contributed by atoms with Gasteiger partial charge in [-0.15, -0.1) is 0 Å². The number of fused-ring (bicyclic) bond motifs is 1. The summed E-state index contributed by atoms with van der Waals surface area (Å²) in [4.78, 5) is 71.1. The molecule has 1 unspecified atom stereocenters. The number of aromatic nitrogens is 4. The molecule has 1 atom stereocenters. The number of benzene rings is 2. The molecule has 1 aliphatic heterocycles. The topological polar surface area (TPSA) is 171 Å². The van der Waals surface area contributed by atoms with Crippen LogP contribution in [0.15, 0.2) is 58.3 Å². The highest BCUT2D eigenvalue weighted by Crippen LogP contribution is 2.26. The van der Waals surface area contributed by atoms with Gasteiger partial charge in [0.15, 0.2) is 0 Å². The monoisotopic (exact) mass is 587 g/mol. The molecular formula is C30H33N7O6. The van der Waals surface area contributed by atoms with E-state index in [2.05, 4.69) is 20.6 Å². The van der Waals surface area contributed by atoms with E-state index in [9.17, 15) is 29.1 Å². The van der Waals surface area contributed by atoms with Crippen molar-refractivity contribution in [3.63, 3.8) is 0 Å². The maximum absolute atomic E-state index is 13.1. The van der Waals surface area contributed by atoms with Gasteiger partial charge in [-0.25, -0.2) is 19.2 Å². The Bertz CT molecular complexity index is 1810. The van der Waals surface area contributed by atoms with E-state index >= 15 is 0 Å². The number of aliphatic carboxylic acids is 1. The van der Waals surface area contributed by atoms with Gasteiger partial charge in [-0.3, -0.25) is 13.9 Å². The molecule has 0 aliphatic carbocycles. The quantitative estimate of drug-likeness (QED) is 0.257. The number of hydrogen-bond donors (Lipinski definition) is 4. The van der Waals surface area contributed by atoms with Crippen molar-refractivity contribution in [3.05, 3.63) is 91.9 Å². The minimum atomic E-state index is -1.37. The summed E-state index contributed by atoms with van der Waals surface area (Å²) < 4.78 is 3.37. The van der Waals surface area contributed by atoms with Crippen LogP contribution in [0.2, 0.25) is 0 Å². The van der Waals surface area contributed by atoms with Crippen molar-refractivity contribution >= 4 is 34.8 Å². The summed E-state index contributed by atoms with van der Waals surface area (Å²) in [5.41, 5.74) is 2.95. The molecule has 1 saturated heterocycles. The molecule has 0 spiro atoms. The summed E-state index contributed by atoms with van der Waals surface area (Å²) in [6.45, 7) is 4.23. The zero-order valence-corrected chi connectivity index (χ0v) is 24.1. The van der Waals surface area contributed by atoms with Gasteiger partial charge in [0.25, 0.3) is 5.91 Å². The Hall–Kier alpha value is -5.20. The highest BCUT2D eigenvalue weighted by molar-refractivity contribution is 6.06.